The van der Waals surface area contributed by atoms with E-state index in [1.807, 2.05) is 0 Å². The average Bonchev–Trinajstić information content (AvgIpc) is 3.12. The van der Waals surface area contributed by atoms with Crippen LogP contribution in [0, 0.1) is 13.8 Å². The molecule has 4 rings (SSSR count). The van der Waals surface area contributed by atoms with Crippen molar-refractivity contribution in [3.05, 3.63) is 68.1 Å². The van der Waals surface area contributed by atoms with E-state index < -0.39 is 0 Å². The third-order valence-electron chi connectivity index (χ3n) is 6.20. The minimum absolute atomic E-state index is 0.159. The van der Waals surface area contributed by atoms with Crippen LogP contribution in [-0.4, -0.2) is 30.6 Å². The Balaban J connectivity index is 1.58. The summed E-state index contributed by atoms with van der Waals surface area (Å²) in [5.74, 6) is -0.286. The molecule has 1 amide bonds. The number of hydrogen-bond donors (Lipinski definition) is 2. The largest absolute Gasteiger partial charge is 0.381 e. The Morgan fingerprint density at radius 2 is 1.82 bits per heavy atom. The maximum Gasteiger partial charge on any atom is 0.261 e. The molecule has 0 spiro atoms. The van der Waals surface area contributed by atoms with Crippen LogP contribution >= 0.6 is 0 Å². The second-order valence-electron chi connectivity index (χ2n) is 8.32. The number of pyridine rings is 1. The molecule has 28 heavy (non-hydrogen) atoms. The number of nitrogens with one attached hydrogen (secondary N) is 2. The lowest BCUT2D eigenvalue weighted by Gasteiger charge is -2.38. The summed E-state index contributed by atoms with van der Waals surface area (Å²) in [6.45, 7) is 6.08. The lowest BCUT2D eigenvalue weighted by molar-refractivity contribution is 0.0486. The highest BCUT2D eigenvalue weighted by Gasteiger charge is 2.35. The first-order valence-electron chi connectivity index (χ1n) is 10.2. The number of fused-ring (bicyclic) bond motifs is 1. The van der Waals surface area contributed by atoms with E-state index in [1.54, 1.807) is 6.07 Å². The Morgan fingerprint density at radius 1 is 1.11 bits per heavy atom. The van der Waals surface area contributed by atoms with Crippen LogP contribution in [0.5, 0.6) is 0 Å². The highest BCUT2D eigenvalue weighted by atomic mass is 16.5. The molecule has 0 bridgehead atoms. The molecule has 2 aromatic rings. The Kier molecular flexibility index (Phi) is 5.11. The number of ether oxygens (including phenoxy) is 1. The molecule has 0 unspecified atom stereocenters. The molecular weight excluding hydrogens is 352 g/mol. The average molecular weight is 380 g/mol. The Morgan fingerprint density at radius 3 is 2.54 bits per heavy atom. The SMILES string of the molecule is Cc1cc(C)cc(C2(CNC(=O)c3cc4c([nH]c3=O)CCC4)CCOCC2)c1. The van der Waals surface area contributed by atoms with Gasteiger partial charge in [-0.3, -0.25) is 9.59 Å². The van der Waals surface area contributed by atoms with Crippen molar-refractivity contribution >= 4 is 5.91 Å². The van der Waals surface area contributed by atoms with Gasteiger partial charge in [-0.2, -0.15) is 0 Å². The summed E-state index contributed by atoms with van der Waals surface area (Å²) < 4.78 is 5.60. The van der Waals surface area contributed by atoms with E-state index in [2.05, 4.69) is 42.3 Å². The van der Waals surface area contributed by atoms with Gasteiger partial charge in [-0.15, -0.1) is 0 Å². The summed E-state index contributed by atoms with van der Waals surface area (Å²) in [7, 11) is 0. The van der Waals surface area contributed by atoms with Gasteiger partial charge in [0.15, 0.2) is 0 Å². The smallest absolute Gasteiger partial charge is 0.261 e. The quantitative estimate of drug-likeness (QED) is 0.857. The summed E-state index contributed by atoms with van der Waals surface area (Å²) >= 11 is 0. The predicted molar refractivity (Wildman–Crippen MR) is 109 cm³/mol. The first-order chi connectivity index (χ1) is 13.5. The van der Waals surface area contributed by atoms with Crippen LogP contribution in [0.25, 0.3) is 0 Å². The predicted octanol–water partition coefficient (Wildman–Crippen LogP) is 2.96. The number of carbonyl (C=O) groups excluding carboxylic acids is 1. The minimum atomic E-state index is -0.287. The Hall–Kier alpha value is -2.40. The molecule has 148 valence electrons. The molecule has 2 N–H and O–H groups in total. The molecule has 1 fully saturated rings. The molecule has 5 heteroatoms. The Bertz CT molecular complexity index is 935. The van der Waals surface area contributed by atoms with Gasteiger partial charge in [0.05, 0.1) is 0 Å². The van der Waals surface area contributed by atoms with Crippen LogP contribution in [0.3, 0.4) is 0 Å². The van der Waals surface area contributed by atoms with Crippen LogP contribution in [0.4, 0.5) is 0 Å². The normalized spacial score (nSPS) is 17.9. The number of aromatic nitrogens is 1. The molecule has 0 radical (unpaired) electrons. The van der Waals surface area contributed by atoms with Crippen LogP contribution in [-0.2, 0) is 23.0 Å². The maximum atomic E-state index is 12.9. The number of aromatic amines is 1. The van der Waals surface area contributed by atoms with Gasteiger partial charge >= 0.3 is 0 Å². The van der Waals surface area contributed by atoms with Crippen molar-refractivity contribution < 1.29 is 9.53 Å². The van der Waals surface area contributed by atoms with Gasteiger partial charge in [-0.1, -0.05) is 29.3 Å². The van der Waals surface area contributed by atoms with Crippen molar-refractivity contribution in [2.45, 2.75) is 51.4 Å². The van der Waals surface area contributed by atoms with Crippen LogP contribution in [0.15, 0.2) is 29.1 Å². The van der Waals surface area contributed by atoms with Gasteiger partial charge in [0, 0.05) is 30.9 Å². The number of hydrogen-bond acceptors (Lipinski definition) is 3. The summed E-state index contributed by atoms with van der Waals surface area (Å²) in [5, 5.41) is 3.06. The second kappa shape index (κ2) is 7.55. The zero-order chi connectivity index (χ0) is 19.7. The molecule has 0 saturated carbocycles. The fraction of sp³-hybridized carbons (Fsp3) is 0.478. The standard InChI is InChI=1S/C23H28N2O3/c1-15-10-16(2)12-18(11-15)23(6-8-28-9-7-23)14-24-21(26)19-13-17-4-3-5-20(17)25-22(19)27/h10-13H,3-9,14H2,1-2H3,(H,24,26)(H,25,27). The molecule has 1 saturated heterocycles. The van der Waals surface area contributed by atoms with Crippen molar-refractivity contribution in [1.82, 2.24) is 10.3 Å². The van der Waals surface area contributed by atoms with Crippen molar-refractivity contribution in [2.75, 3.05) is 19.8 Å². The molecule has 0 atom stereocenters. The fourth-order valence-corrected chi connectivity index (χ4v) is 4.64. The zero-order valence-electron chi connectivity index (χ0n) is 16.7. The van der Waals surface area contributed by atoms with E-state index in [1.165, 1.54) is 16.7 Å². The lowest BCUT2D eigenvalue weighted by atomic mass is 9.73. The van der Waals surface area contributed by atoms with Crippen molar-refractivity contribution in [3.63, 3.8) is 0 Å². The van der Waals surface area contributed by atoms with E-state index in [-0.39, 0.29) is 22.4 Å². The topological polar surface area (TPSA) is 71.2 Å². The van der Waals surface area contributed by atoms with Gasteiger partial charge in [0.25, 0.3) is 11.5 Å². The van der Waals surface area contributed by atoms with Crippen molar-refractivity contribution in [3.8, 4) is 0 Å². The van der Waals surface area contributed by atoms with Crippen molar-refractivity contribution in [1.29, 1.82) is 0 Å². The molecule has 2 heterocycles. The first kappa shape index (κ1) is 18.9. The first-order valence-corrected chi connectivity index (χ1v) is 10.2. The number of aryl methyl sites for hydroxylation is 4. The van der Waals surface area contributed by atoms with Gasteiger partial charge in [-0.05, 0) is 63.1 Å². The molecular formula is C23H28N2O3. The van der Waals surface area contributed by atoms with Crippen LogP contribution < -0.4 is 10.9 Å². The molecule has 1 aromatic carbocycles. The molecule has 2 aliphatic rings. The van der Waals surface area contributed by atoms with Gasteiger partial charge in [-0.25, -0.2) is 0 Å². The summed E-state index contributed by atoms with van der Waals surface area (Å²) in [6, 6.07) is 8.38. The van der Waals surface area contributed by atoms with E-state index in [0.29, 0.717) is 19.8 Å². The number of H-pyrrole nitrogens is 1. The highest BCUT2D eigenvalue weighted by molar-refractivity contribution is 5.94. The van der Waals surface area contributed by atoms with E-state index in [9.17, 15) is 9.59 Å². The van der Waals surface area contributed by atoms with E-state index in [0.717, 1.165) is 43.4 Å². The number of amides is 1. The summed E-state index contributed by atoms with van der Waals surface area (Å²) in [4.78, 5) is 28.1. The second-order valence-corrected chi connectivity index (χ2v) is 8.32. The van der Waals surface area contributed by atoms with Crippen LogP contribution in [0.1, 0.15) is 57.6 Å². The Labute approximate surface area is 165 Å². The fourth-order valence-electron chi connectivity index (χ4n) is 4.64. The minimum Gasteiger partial charge on any atom is -0.381 e. The van der Waals surface area contributed by atoms with Gasteiger partial charge in [0.2, 0.25) is 0 Å². The lowest BCUT2D eigenvalue weighted by Crippen LogP contribution is -2.45. The molecule has 1 aliphatic carbocycles. The van der Waals surface area contributed by atoms with E-state index in [4.69, 9.17) is 4.74 Å². The third-order valence-corrected chi connectivity index (χ3v) is 6.20. The van der Waals surface area contributed by atoms with E-state index >= 15 is 0 Å². The van der Waals surface area contributed by atoms with Crippen LogP contribution in [0.2, 0.25) is 0 Å². The maximum absolute atomic E-state index is 12.9. The summed E-state index contributed by atoms with van der Waals surface area (Å²) in [6.07, 6.45) is 4.57. The number of carbonyl (C=O) groups is 1. The highest BCUT2D eigenvalue weighted by Crippen LogP contribution is 2.35. The summed E-state index contributed by atoms with van der Waals surface area (Å²) in [5.41, 5.74) is 5.56. The van der Waals surface area contributed by atoms with Gasteiger partial charge in [0.1, 0.15) is 5.56 Å². The number of benzene rings is 1. The molecule has 1 aliphatic heterocycles. The molecule has 1 aromatic heterocycles. The van der Waals surface area contributed by atoms with Gasteiger partial charge < -0.3 is 15.0 Å². The molecule has 5 nitrogen and oxygen atoms in total. The monoisotopic (exact) mass is 380 g/mol. The number of rotatable bonds is 4. The third kappa shape index (κ3) is 3.63. The zero-order valence-corrected chi connectivity index (χ0v) is 16.7. The van der Waals surface area contributed by atoms with Crippen molar-refractivity contribution in [2.24, 2.45) is 0 Å².